The fourth-order valence-corrected chi connectivity index (χ4v) is 6.19. The van der Waals surface area contributed by atoms with Crippen LogP contribution in [0.1, 0.15) is 44.6 Å². The highest BCUT2D eigenvalue weighted by atomic mass is 79.9. The maximum Gasteiger partial charge on any atom is 0.122 e. The van der Waals surface area contributed by atoms with Gasteiger partial charge in [-0.2, -0.15) is 0 Å². The number of methoxy groups -OCH3 is 1. The monoisotopic (exact) mass is 334 g/mol. The topological polar surface area (TPSA) is 9.23 Å². The lowest BCUT2D eigenvalue weighted by Gasteiger charge is -2.61. The molecular weight excluding hydrogens is 312 g/mol. The Morgan fingerprint density at radius 2 is 1.85 bits per heavy atom. The van der Waals surface area contributed by atoms with E-state index in [0.29, 0.717) is 5.41 Å². The van der Waals surface area contributed by atoms with Gasteiger partial charge in [0.1, 0.15) is 5.75 Å². The smallest absolute Gasteiger partial charge is 0.122 e. The quantitative estimate of drug-likeness (QED) is 0.724. The van der Waals surface area contributed by atoms with Gasteiger partial charge in [-0.3, -0.25) is 0 Å². The van der Waals surface area contributed by atoms with Gasteiger partial charge in [-0.1, -0.05) is 22.9 Å². The molecule has 4 saturated carbocycles. The second kappa shape index (κ2) is 4.50. The second-order valence-corrected chi connectivity index (χ2v) is 8.31. The molecular formula is C18H23BrO. The predicted octanol–water partition coefficient (Wildman–Crippen LogP) is 5.17. The van der Waals surface area contributed by atoms with E-state index in [4.69, 9.17) is 4.74 Å². The van der Waals surface area contributed by atoms with Crippen molar-refractivity contribution in [2.45, 2.75) is 44.4 Å². The van der Waals surface area contributed by atoms with Gasteiger partial charge in [0.25, 0.3) is 0 Å². The van der Waals surface area contributed by atoms with Crippen LogP contribution >= 0.6 is 15.9 Å². The van der Waals surface area contributed by atoms with Crippen LogP contribution < -0.4 is 4.74 Å². The van der Waals surface area contributed by atoms with E-state index in [0.717, 1.165) is 29.4 Å². The zero-order valence-corrected chi connectivity index (χ0v) is 13.9. The minimum absolute atomic E-state index is 0.379. The van der Waals surface area contributed by atoms with Crippen molar-refractivity contribution in [2.24, 2.45) is 23.7 Å². The Hall–Kier alpha value is -0.500. The van der Waals surface area contributed by atoms with Crippen molar-refractivity contribution in [1.82, 2.24) is 0 Å². The van der Waals surface area contributed by atoms with Crippen molar-refractivity contribution in [3.63, 3.8) is 0 Å². The molecule has 1 aromatic carbocycles. The van der Waals surface area contributed by atoms with Crippen molar-refractivity contribution < 1.29 is 4.74 Å². The first-order chi connectivity index (χ1) is 9.62. The minimum Gasteiger partial charge on any atom is -0.496 e. The maximum atomic E-state index is 5.72. The maximum absolute atomic E-state index is 5.72. The summed E-state index contributed by atoms with van der Waals surface area (Å²) in [5.41, 5.74) is 1.85. The second-order valence-electron chi connectivity index (χ2n) is 7.40. The summed E-state index contributed by atoms with van der Waals surface area (Å²) < 4.78 is 6.91. The lowest BCUT2D eigenvalue weighted by Crippen LogP contribution is -2.54. The summed E-state index contributed by atoms with van der Waals surface area (Å²) in [6, 6.07) is 6.58. The Morgan fingerprint density at radius 3 is 2.50 bits per heavy atom. The minimum atomic E-state index is 0.379. The number of hydrogen-bond donors (Lipinski definition) is 0. The third-order valence-electron chi connectivity index (χ3n) is 6.52. The van der Waals surface area contributed by atoms with Crippen LogP contribution in [-0.2, 0) is 5.41 Å². The highest BCUT2D eigenvalue weighted by molar-refractivity contribution is 9.10. The Labute approximate surface area is 130 Å². The van der Waals surface area contributed by atoms with Crippen LogP contribution in [0.15, 0.2) is 22.7 Å². The molecule has 0 aliphatic heterocycles. The van der Waals surface area contributed by atoms with Gasteiger partial charge in [-0.05, 0) is 74.0 Å². The van der Waals surface area contributed by atoms with Crippen LogP contribution in [0.2, 0.25) is 0 Å². The zero-order valence-electron chi connectivity index (χ0n) is 12.4. The van der Waals surface area contributed by atoms with Crippen LogP contribution in [0.4, 0.5) is 0 Å². The molecule has 0 saturated heterocycles. The number of hydrogen-bond acceptors (Lipinski definition) is 1. The molecule has 0 heterocycles. The molecule has 1 aromatic rings. The summed E-state index contributed by atoms with van der Waals surface area (Å²) in [7, 11) is 1.82. The summed E-state index contributed by atoms with van der Waals surface area (Å²) in [6.45, 7) is 2.50. The number of ether oxygens (including phenoxy) is 1. The lowest BCUT2D eigenvalue weighted by atomic mass is 9.44. The van der Waals surface area contributed by atoms with E-state index in [1.807, 2.05) is 7.11 Å². The average molecular weight is 335 g/mol. The van der Waals surface area contributed by atoms with Crippen LogP contribution in [0.5, 0.6) is 5.75 Å². The molecule has 0 amide bonds. The van der Waals surface area contributed by atoms with E-state index < -0.39 is 0 Å². The van der Waals surface area contributed by atoms with Gasteiger partial charge in [0.15, 0.2) is 0 Å². The van der Waals surface area contributed by atoms with Crippen molar-refractivity contribution in [1.29, 1.82) is 0 Å². The predicted molar refractivity (Wildman–Crippen MR) is 85.1 cm³/mol. The zero-order chi connectivity index (χ0) is 13.9. The van der Waals surface area contributed by atoms with Crippen LogP contribution in [-0.4, -0.2) is 7.11 Å². The van der Waals surface area contributed by atoms with Gasteiger partial charge in [0, 0.05) is 15.5 Å². The first-order valence-corrected chi connectivity index (χ1v) is 8.75. The van der Waals surface area contributed by atoms with Crippen LogP contribution in [0.25, 0.3) is 0 Å². The standard InChI is InChI=1S/C18H23BrO/c1-11-14-6-12-5-13(7-14)10-18(11,9-12)16-8-15(19)3-4-17(16)20-2/h3-4,8,11-14H,5-7,9-10H2,1-2H3. The number of halogens is 1. The molecule has 4 aliphatic rings. The molecule has 1 nitrogen and oxygen atoms in total. The third-order valence-corrected chi connectivity index (χ3v) is 7.01. The molecule has 108 valence electrons. The van der Waals surface area contributed by atoms with E-state index in [2.05, 4.69) is 41.1 Å². The summed E-state index contributed by atoms with van der Waals surface area (Å²) in [4.78, 5) is 0. The molecule has 20 heavy (non-hydrogen) atoms. The molecule has 0 N–H and O–H groups in total. The average Bonchev–Trinajstić information content (AvgIpc) is 2.43. The van der Waals surface area contributed by atoms with E-state index in [1.54, 1.807) is 0 Å². The van der Waals surface area contributed by atoms with Gasteiger partial charge in [-0.25, -0.2) is 0 Å². The van der Waals surface area contributed by atoms with Crippen LogP contribution in [0.3, 0.4) is 0 Å². The molecule has 4 bridgehead atoms. The van der Waals surface area contributed by atoms with E-state index in [-0.39, 0.29) is 0 Å². The Balaban J connectivity index is 1.86. The number of benzene rings is 1. The highest BCUT2D eigenvalue weighted by Gasteiger charge is 2.56. The SMILES string of the molecule is COc1ccc(Br)cc1C12CC3CC(CC(C3)C1C)C2. The van der Waals surface area contributed by atoms with Gasteiger partial charge in [0.2, 0.25) is 0 Å². The first kappa shape index (κ1) is 13.2. The molecule has 3 unspecified atom stereocenters. The molecule has 5 rings (SSSR count). The summed E-state index contributed by atoms with van der Waals surface area (Å²) >= 11 is 3.67. The summed E-state index contributed by atoms with van der Waals surface area (Å²) in [5.74, 6) is 4.78. The molecule has 2 heteroatoms. The fourth-order valence-electron chi connectivity index (χ4n) is 5.83. The fraction of sp³-hybridized carbons (Fsp3) is 0.667. The van der Waals surface area contributed by atoms with Crippen molar-refractivity contribution >= 4 is 15.9 Å². The Kier molecular flexibility index (Phi) is 2.96. The highest BCUT2D eigenvalue weighted by Crippen LogP contribution is 2.64. The Morgan fingerprint density at radius 1 is 1.15 bits per heavy atom. The van der Waals surface area contributed by atoms with Gasteiger partial charge in [0.05, 0.1) is 7.11 Å². The van der Waals surface area contributed by atoms with E-state index >= 15 is 0 Å². The van der Waals surface area contributed by atoms with Gasteiger partial charge >= 0.3 is 0 Å². The normalized spacial score (nSPS) is 42.0. The molecule has 0 aromatic heterocycles. The summed E-state index contributed by atoms with van der Waals surface area (Å²) in [5, 5.41) is 0. The lowest BCUT2D eigenvalue weighted by molar-refractivity contribution is -0.0546. The van der Waals surface area contributed by atoms with Gasteiger partial charge < -0.3 is 4.74 Å². The molecule has 0 radical (unpaired) electrons. The largest absolute Gasteiger partial charge is 0.496 e. The van der Waals surface area contributed by atoms with E-state index in [1.165, 1.54) is 42.1 Å². The molecule has 3 atom stereocenters. The first-order valence-electron chi connectivity index (χ1n) is 7.96. The molecule has 4 fully saturated rings. The molecule has 4 aliphatic carbocycles. The van der Waals surface area contributed by atoms with Crippen molar-refractivity contribution in [3.05, 3.63) is 28.2 Å². The van der Waals surface area contributed by atoms with Gasteiger partial charge in [-0.15, -0.1) is 0 Å². The van der Waals surface area contributed by atoms with Crippen LogP contribution in [0, 0.1) is 23.7 Å². The Bertz CT molecular complexity index is 524. The summed E-state index contributed by atoms with van der Waals surface area (Å²) in [6.07, 6.45) is 7.22. The van der Waals surface area contributed by atoms with E-state index in [9.17, 15) is 0 Å². The molecule has 0 spiro atoms. The number of rotatable bonds is 2. The van der Waals surface area contributed by atoms with Crippen molar-refractivity contribution in [2.75, 3.05) is 7.11 Å². The van der Waals surface area contributed by atoms with Crippen molar-refractivity contribution in [3.8, 4) is 5.75 Å². The third kappa shape index (κ3) is 1.73.